The molecule has 0 aliphatic heterocycles. The highest BCUT2D eigenvalue weighted by atomic mass is 19.3. The zero-order valence-corrected chi connectivity index (χ0v) is 8.21. The Labute approximate surface area is 88.7 Å². The molecule has 0 fully saturated rings. The van der Waals surface area contributed by atoms with Gasteiger partial charge in [-0.2, -0.15) is 0 Å². The Bertz CT molecular complexity index is 409. The molecule has 1 rings (SSSR count). The first-order valence-electron chi connectivity index (χ1n) is 4.18. The molecule has 0 aliphatic rings. The Morgan fingerprint density at radius 2 is 2.25 bits per heavy atom. The maximum atomic E-state index is 13.3. The average molecular weight is 235 g/mol. The Morgan fingerprint density at radius 3 is 2.75 bits per heavy atom. The van der Waals surface area contributed by atoms with Gasteiger partial charge in [-0.05, 0) is 0 Å². The van der Waals surface area contributed by atoms with Crippen LogP contribution in [-0.4, -0.2) is 23.2 Å². The lowest BCUT2D eigenvalue weighted by atomic mass is 10.1. The fraction of sp³-hybridized carbons (Fsp3) is 0.333. The van der Waals surface area contributed by atoms with Crippen molar-refractivity contribution in [1.29, 1.82) is 0 Å². The SMILES string of the molecule is COC(=O)Cc1c(C(F)F)ncc(O)c1F. The molecule has 0 atom stereocenters. The van der Waals surface area contributed by atoms with E-state index in [1.807, 2.05) is 0 Å². The van der Waals surface area contributed by atoms with Gasteiger partial charge >= 0.3 is 5.97 Å². The first-order chi connectivity index (χ1) is 7.47. The van der Waals surface area contributed by atoms with E-state index in [-0.39, 0.29) is 0 Å². The number of methoxy groups -OCH3 is 1. The van der Waals surface area contributed by atoms with E-state index in [0.717, 1.165) is 7.11 Å². The summed E-state index contributed by atoms with van der Waals surface area (Å²) in [5, 5.41) is 8.96. The van der Waals surface area contributed by atoms with Crippen molar-refractivity contribution >= 4 is 5.97 Å². The average Bonchev–Trinajstić information content (AvgIpc) is 2.24. The highest BCUT2D eigenvalue weighted by Gasteiger charge is 2.23. The summed E-state index contributed by atoms with van der Waals surface area (Å²) in [5.74, 6) is -3.06. The van der Waals surface area contributed by atoms with E-state index >= 15 is 0 Å². The van der Waals surface area contributed by atoms with Gasteiger partial charge in [0.1, 0.15) is 5.69 Å². The molecule has 0 amide bonds. The fourth-order valence-electron chi connectivity index (χ4n) is 1.11. The number of aromatic hydroxyl groups is 1. The molecule has 4 nitrogen and oxygen atoms in total. The Kier molecular flexibility index (Phi) is 3.70. The smallest absolute Gasteiger partial charge is 0.310 e. The number of nitrogens with zero attached hydrogens (tertiary/aromatic N) is 1. The van der Waals surface area contributed by atoms with Gasteiger partial charge in [-0.15, -0.1) is 0 Å². The van der Waals surface area contributed by atoms with Gasteiger partial charge in [0.25, 0.3) is 6.43 Å². The molecule has 0 saturated carbocycles. The number of rotatable bonds is 3. The number of halogens is 3. The summed E-state index contributed by atoms with van der Waals surface area (Å²) in [5.41, 5.74) is -1.53. The molecule has 88 valence electrons. The zero-order chi connectivity index (χ0) is 12.3. The Morgan fingerprint density at radius 1 is 1.62 bits per heavy atom. The maximum absolute atomic E-state index is 13.3. The first-order valence-corrected chi connectivity index (χ1v) is 4.18. The van der Waals surface area contributed by atoms with E-state index in [1.165, 1.54) is 0 Å². The van der Waals surface area contributed by atoms with Crippen molar-refractivity contribution in [2.45, 2.75) is 12.8 Å². The van der Waals surface area contributed by atoms with Gasteiger partial charge < -0.3 is 9.84 Å². The number of carbonyl (C=O) groups excluding carboxylic acids is 1. The van der Waals surface area contributed by atoms with Crippen molar-refractivity contribution in [3.8, 4) is 5.75 Å². The molecule has 1 N–H and O–H groups in total. The summed E-state index contributed by atoms with van der Waals surface area (Å²) in [7, 11) is 1.04. The monoisotopic (exact) mass is 235 g/mol. The van der Waals surface area contributed by atoms with Crippen LogP contribution in [0.25, 0.3) is 0 Å². The minimum absolute atomic E-state index is 0.567. The van der Waals surface area contributed by atoms with Gasteiger partial charge in [-0.25, -0.2) is 13.2 Å². The zero-order valence-electron chi connectivity index (χ0n) is 8.21. The first kappa shape index (κ1) is 12.3. The quantitative estimate of drug-likeness (QED) is 0.808. The third-order valence-corrected chi connectivity index (χ3v) is 1.88. The molecule has 0 radical (unpaired) electrons. The van der Waals surface area contributed by atoms with Crippen LogP contribution in [0.3, 0.4) is 0 Å². The number of aromatic nitrogens is 1. The minimum Gasteiger partial charge on any atom is -0.504 e. The van der Waals surface area contributed by atoms with E-state index in [2.05, 4.69) is 9.72 Å². The van der Waals surface area contributed by atoms with E-state index in [9.17, 15) is 18.0 Å². The molecule has 0 unspecified atom stereocenters. The lowest BCUT2D eigenvalue weighted by molar-refractivity contribution is -0.139. The van der Waals surface area contributed by atoms with Crippen molar-refractivity contribution in [3.05, 3.63) is 23.3 Å². The van der Waals surface area contributed by atoms with Crippen molar-refractivity contribution in [1.82, 2.24) is 4.98 Å². The number of pyridine rings is 1. The van der Waals surface area contributed by atoms with Crippen LogP contribution < -0.4 is 0 Å². The van der Waals surface area contributed by atoms with E-state index in [0.29, 0.717) is 6.20 Å². The summed E-state index contributed by atoms with van der Waals surface area (Å²) in [6.45, 7) is 0. The molecule has 0 aliphatic carbocycles. The normalized spacial score (nSPS) is 10.6. The van der Waals surface area contributed by atoms with Crippen LogP contribution in [0.1, 0.15) is 17.7 Å². The maximum Gasteiger partial charge on any atom is 0.310 e. The van der Waals surface area contributed by atoms with E-state index in [4.69, 9.17) is 5.11 Å². The lowest BCUT2D eigenvalue weighted by Crippen LogP contribution is -2.10. The van der Waals surface area contributed by atoms with Crippen LogP contribution in [-0.2, 0) is 16.0 Å². The third-order valence-electron chi connectivity index (χ3n) is 1.88. The highest BCUT2D eigenvalue weighted by molar-refractivity contribution is 5.73. The molecule has 1 aromatic heterocycles. The van der Waals surface area contributed by atoms with Crippen LogP contribution in [0, 0.1) is 5.82 Å². The van der Waals surface area contributed by atoms with Gasteiger partial charge in [0.15, 0.2) is 11.6 Å². The van der Waals surface area contributed by atoms with Gasteiger partial charge in [0, 0.05) is 5.56 Å². The molecule has 16 heavy (non-hydrogen) atoms. The van der Waals surface area contributed by atoms with Gasteiger partial charge in [-0.1, -0.05) is 0 Å². The predicted octanol–water partition coefficient (Wildman–Crippen LogP) is 1.58. The second-order valence-electron chi connectivity index (χ2n) is 2.87. The molecule has 0 saturated heterocycles. The number of hydrogen-bond acceptors (Lipinski definition) is 4. The van der Waals surface area contributed by atoms with Crippen molar-refractivity contribution in [2.24, 2.45) is 0 Å². The van der Waals surface area contributed by atoms with E-state index in [1.54, 1.807) is 0 Å². The summed E-state index contributed by atoms with van der Waals surface area (Å²) in [6, 6.07) is 0. The van der Waals surface area contributed by atoms with Crippen LogP contribution in [0.2, 0.25) is 0 Å². The molecule has 0 aromatic carbocycles. The highest BCUT2D eigenvalue weighted by Crippen LogP contribution is 2.27. The van der Waals surface area contributed by atoms with Crippen LogP contribution in [0.4, 0.5) is 13.2 Å². The van der Waals surface area contributed by atoms with Crippen molar-refractivity contribution < 1.29 is 27.8 Å². The standard InChI is InChI=1S/C9H8F3NO3/c1-16-6(15)2-4-7(10)5(14)3-13-8(4)9(11)12/h3,9,14H,2H2,1H3. The third kappa shape index (κ3) is 2.41. The van der Waals surface area contributed by atoms with E-state index < -0.39 is 41.6 Å². The fourth-order valence-corrected chi connectivity index (χ4v) is 1.11. The van der Waals surface area contributed by atoms with Crippen molar-refractivity contribution in [3.63, 3.8) is 0 Å². The summed E-state index contributed by atoms with van der Waals surface area (Å²) in [4.78, 5) is 14.1. The minimum atomic E-state index is -3.03. The molecule has 1 aromatic rings. The second-order valence-corrected chi connectivity index (χ2v) is 2.87. The molecule has 1 heterocycles. The second kappa shape index (κ2) is 4.82. The summed E-state index contributed by atoms with van der Waals surface area (Å²) >= 11 is 0. The molecular formula is C9H8F3NO3. The van der Waals surface area contributed by atoms with Gasteiger partial charge in [0.05, 0.1) is 19.7 Å². The number of carbonyl (C=O) groups is 1. The molecule has 7 heteroatoms. The van der Waals surface area contributed by atoms with Crippen LogP contribution in [0.15, 0.2) is 6.20 Å². The molecular weight excluding hydrogens is 227 g/mol. The largest absolute Gasteiger partial charge is 0.504 e. The van der Waals surface area contributed by atoms with Crippen LogP contribution >= 0.6 is 0 Å². The lowest BCUT2D eigenvalue weighted by Gasteiger charge is -2.08. The Hall–Kier alpha value is -1.79. The van der Waals surface area contributed by atoms with Gasteiger partial charge in [-0.3, -0.25) is 9.78 Å². The number of alkyl halides is 2. The number of esters is 1. The predicted molar refractivity (Wildman–Crippen MR) is 46.5 cm³/mol. The topological polar surface area (TPSA) is 59.4 Å². The van der Waals surface area contributed by atoms with Crippen molar-refractivity contribution in [2.75, 3.05) is 7.11 Å². The molecule has 0 spiro atoms. The summed E-state index contributed by atoms with van der Waals surface area (Å²) in [6.07, 6.45) is -3.17. The number of hydrogen-bond donors (Lipinski definition) is 1. The van der Waals surface area contributed by atoms with Gasteiger partial charge in [0.2, 0.25) is 0 Å². The summed E-state index contributed by atoms with van der Waals surface area (Å²) < 4.78 is 42.4. The Balaban J connectivity index is 3.20. The number of ether oxygens (including phenoxy) is 1. The van der Waals surface area contributed by atoms with Crippen LogP contribution in [0.5, 0.6) is 5.75 Å². The molecule has 0 bridgehead atoms.